The lowest BCUT2D eigenvalue weighted by atomic mass is 9.57. The molecule has 3 fully saturated rings. The van der Waals surface area contributed by atoms with Crippen LogP contribution in [0.3, 0.4) is 0 Å². The molecule has 1 N–H and O–H groups in total. The Morgan fingerprint density at radius 2 is 1.29 bits per heavy atom. The molecule has 2 aromatic carbocycles. The van der Waals surface area contributed by atoms with Crippen LogP contribution >= 0.6 is 24.0 Å². The monoisotopic (exact) mass is 878 g/mol. The standard InChI is InChI=1S/C21H23FN2O3.C19H17FN2O.C4H8O.HI/c1-19-12-14-13-23-24(16-5-3-15(22)4-6-16)17(14)11-18(19)20(2,25)7-8-21(19)26-9-10-27-21;1-12-3-8-18(23)19(2)10-13-11-21-22(17(13)9-16(12)19)15-6-4-14(20)5-7-15;1-2-4-5-3-1;/h3-6,11,13,25H,7-10,12H2,1-2H3;3-7,9,11H,8,10H2,1-2H3;1-4H2;1H/t19-,20?;19-;;/m00../s1. The zero-order valence-electron chi connectivity index (χ0n) is 32.3. The summed E-state index contributed by atoms with van der Waals surface area (Å²) in [7, 11) is 0. The van der Waals surface area contributed by atoms with Crippen molar-refractivity contribution in [3.8, 4) is 11.4 Å². The second-order valence-electron chi connectivity index (χ2n) is 16.1. The molecule has 9 nitrogen and oxygen atoms in total. The number of allylic oxidation sites excluding steroid dienone is 3. The van der Waals surface area contributed by atoms with Gasteiger partial charge in [0.25, 0.3) is 0 Å². The van der Waals surface area contributed by atoms with Crippen LogP contribution in [0.1, 0.15) is 82.3 Å². The summed E-state index contributed by atoms with van der Waals surface area (Å²) in [5.41, 5.74) is 6.92. The molecule has 0 bridgehead atoms. The molecule has 12 heteroatoms. The summed E-state index contributed by atoms with van der Waals surface area (Å²) in [4.78, 5) is 12.5. The normalized spacial score (nSPS) is 26.8. The molecule has 4 aromatic rings. The highest BCUT2D eigenvalue weighted by molar-refractivity contribution is 14.0. The summed E-state index contributed by atoms with van der Waals surface area (Å²) in [5.74, 6) is -0.984. The largest absolute Gasteiger partial charge is 0.386 e. The molecule has 4 heterocycles. The second kappa shape index (κ2) is 15.5. The Labute approximate surface area is 343 Å². The summed E-state index contributed by atoms with van der Waals surface area (Å²) < 4.78 is 47.3. The SMILES string of the molecule is C1CCOC1.CC1(O)CCC2(OCCO2)[C@@]2(C)Cc3cnn(-c4ccc(F)cc4)c3C=C12.CC1=CCC(=O)[C@@]2(C)Cc3cnn(-c4ccc(F)cc4)c3C=C12.I. The van der Waals surface area contributed by atoms with Gasteiger partial charge in [-0.2, -0.15) is 10.2 Å². The van der Waals surface area contributed by atoms with E-state index >= 15 is 0 Å². The van der Waals surface area contributed by atoms with Gasteiger partial charge in [-0.05, 0) is 136 Å². The van der Waals surface area contributed by atoms with Gasteiger partial charge in [0.1, 0.15) is 17.4 Å². The quantitative estimate of drug-likeness (QED) is 0.202. The van der Waals surface area contributed by atoms with Crippen molar-refractivity contribution in [3.63, 3.8) is 0 Å². The summed E-state index contributed by atoms with van der Waals surface area (Å²) in [6.07, 6.45) is 15.4. The molecular weight excluding hydrogens is 829 g/mol. The molecule has 10 rings (SSSR count). The number of benzene rings is 2. The Morgan fingerprint density at radius 3 is 1.82 bits per heavy atom. The molecule has 0 amide bonds. The van der Waals surface area contributed by atoms with E-state index in [1.165, 1.54) is 37.1 Å². The van der Waals surface area contributed by atoms with Crippen molar-refractivity contribution in [3.05, 3.63) is 118 Å². The molecular formula is C44H49F2IN4O5. The number of aromatic nitrogens is 4. The van der Waals surface area contributed by atoms with Crippen LogP contribution in [0.4, 0.5) is 8.78 Å². The number of nitrogens with zero attached hydrogens (tertiary/aromatic N) is 4. The first-order chi connectivity index (χ1) is 26.3. The fraction of sp³-hybridized carbons (Fsp3) is 0.432. The minimum absolute atomic E-state index is 0. The number of aliphatic hydroxyl groups is 1. The second-order valence-corrected chi connectivity index (χ2v) is 16.1. The number of carbonyl (C=O) groups excluding carboxylic acids is 1. The number of Topliss-reactive ketones (excluding diaryl/α,β-unsaturated/α-hetero) is 1. The minimum atomic E-state index is -0.940. The molecule has 1 unspecified atom stereocenters. The van der Waals surface area contributed by atoms with E-state index in [1.54, 1.807) is 28.9 Å². The van der Waals surface area contributed by atoms with Gasteiger partial charge in [-0.3, -0.25) is 4.79 Å². The number of fused-ring (bicyclic) bond motifs is 5. The molecule has 6 aliphatic rings. The first kappa shape index (κ1) is 40.4. The van der Waals surface area contributed by atoms with Gasteiger partial charge in [0, 0.05) is 31.5 Å². The first-order valence-electron chi connectivity index (χ1n) is 19.2. The average Bonchev–Trinajstić information content (AvgIpc) is 4.01. The van der Waals surface area contributed by atoms with Crippen molar-refractivity contribution >= 4 is 41.9 Å². The van der Waals surface area contributed by atoms with E-state index in [4.69, 9.17) is 14.2 Å². The number of rotatable bonds is 2. The predicted molar refractivity (Wildman–Crippen MR) is 220 cm³/mol. The topological polar surface area (TPSA) is 101 Å². The van der Waals surface area contributed by atoms with E-state index in [9.17, 15) is 18.7 Å². The maximum Gasteiger partial charge on any atom is 0.178 e. The third-order valence-corrected chi connectivity index (χ3v) is 12.3. The molecule has 56 heavy (non-hydrogen) atoms. The lowest BCUT2D eigenvalue weighted by Gasteiger charge is -2.55. The molecule has 296 valence electrons. The minimum Gasteiger partial charge on any atom is -0.386 e. The third kappa shape index (κ3) is 7.05. The van der Waals surface area contributed by atoms with Crippen LogP contribution in [0.15, 0.2) is 83.7 Å². The maximum atomic E-state index is 13.3. The van der Waals surface area contributed by atoms with Gasteiger partial charge in [-0.15, -0.1) is 24.0 Å². The van der Waals surface area contributed by atoms with Gasteiger partial charge in [0.2, 0.25) is 0 Å². The fourth-order valence-corrected chi connectivity index (χ4v) is 9.20. The lowest BCUT2D eigenvalue weighted by Crippen LogP contribution is -2.59. The van der Waals surface area contributed by atoms with E-state index in [0.717, 1.165) is 63.8 Å². The first-order valence-corrected chi connectivity index (χ1v) is 19.2. The molecule has 2 aliphatic heterocycles. The van der Waals surface area contributed by atoms with Crippen LogP contribution in [-0.4, -0.2) is 68.3 Å². The fourth-order valence-electron chi connectivity index (χ4n) is 9.20. The van der Waals surface area contributed by atoms with E-state index < -0.39 is 22.2 Å². The Hall–Kier alpha value is -3.82. The number of halogens is 3. The number of hydrogen-bond acceptors (Lipinski definition) is 7. The Balaban J connectivity index is 0.000000152. The highest BCUT2D eigenvalue weighted by atomic mass is 127. The average molecular weight is 879 g/mol. The Morgan fingerprint density at radius 1 is 0.750 bits per heavy atom. The van der Waals surface area contributed by atoms with Crippen LogP contribution in [0.5, 0.6) is 0 Å². The highest BCUT2D eigenvalue weighted by Gasteiger charge is 2.62. The predicted octanol–water partition coefficient (Wildman–Crippen LogP) is 8.54. The van der Waals surface area contributed by atoms with E-state index in [-0.39, 0.29) is 41.4 Å². The number of carbonyl (C=O) groups is 1. The van der Waals surface area contributed by atoms with Gasteiger partial charge < -0.3 is 19.3 Å². The number of ether oxygens (including phenoxy) is 3. The maximum absolute atomic E-state index is 13.3. The van der Waals surface area contributed by atoms with Crippen LogP contribution in [0.2, 0.25) is 0 Å². The van der Waals surface area contributed by atoms with Crippen molar-refractivity contribution in [1.29, 1.82) is 0 Å². The van der Waals surface area contributed by atoms with E-state index in [2.05, 4.69) is 30.1 Å². The molecule has 2 aromatic heterocycles. The summed E-state index contributed by atoms with van der Waals surface area (Å²) in [5, 5.41) is 20.2. The van der Waals surface area contributed by atoms with Crippen molar-refractivity contribution in [2.45, 2.75) is 84.0 Å². The Bertz CT molecular complexity index is 2190. The van der Waals surface area contributed by atoms with Crippen LogP contribution in [0, 0.1) is 22.5 Å². The van der Waals surface area contributed by atoms with Gasteiger partial charge in [0.15, 0.2) is 5.79 Å². The smallest absolute Gasteiger partial charge is 0.178 e. The molecule has 4 aliphatic carbocycles. The van der Waals surface area contributed by atoms with Gasteiger partial charge in [-0.1, -0.05) is 18.6 Å². The number of ketones is 1. The Kier molecular flexibility index (Phi) is 11.2. The van der Waals surface area contributed by atoms with Crippen molar-refractivity contribution in [2.24, 2.45) is 10.8 Å². The van der Waals surface area contributed by atoms with Gasteiger partial charge in [0.05, 0.1) is 59.4 Å². The highest BCUT2D eigenvalue weighted by Crippen LogP contribution is 2.59. The molecule has 2 saturated heterocycles. The summed E-state index contributed by atoms with van der Waals surface area (Å²) in [6, 6.07) is 12.5. The van der Waals surface area contributed by atoms with Crippen LogP contribution in [-0.2, 0) is 31.8 Å². The molecule has 1 spiro atoms. The molecule has 3 atom stereocenters. The van der Waals surface area contributed by atoms with Crippen LogP contribution in [0.25, 0.3) is 23.5 Å². The summed E-state index contributed by atoms with van der Waals surface area (Å²) in [6.45, 7) is 11.2. The third-order valence-electron chi connectivity index (χ3n) is 12.3. The van der Waals surface area contributed by atoms with E-state index in [1.807, 2.05) is 43.1 Å². The van der Waals surface area contributed by atoms with E-state index in [0.29, 0.717) is 45.3 Å². The van der Waals surface area contributed by atoms with Crippen molar-refractivity contribution < 1.29 is 32.9 Å². The lowest BCUT2D eigenvalue weighted by molar-refractivity contribution is -0.249. The van der Waals surface area contributed by atoms with Crippen molar-refractivity contribution in [2.75, 3.05) is 26.4 Å². The summed E-state index contributed by atoms with van der Waals surface area (Å²) >= 11 is 0. The zero-order chi connectivity index (χ0) is 38.6. The number of hydrogen-bond donors (Lipinski definition) is 1. The van der Waals surface area contributed by atoms with Crippen molar-refractivity contribution in [1.82, 2.24) is 19.6 Å². The van der Waals surface area contributed by atoms with Crippen LogP contribution < -0.4 is 0 Å². The van der Waals surface area contributed by atoms with Gasteiger partial charge in [-0.25, -0.2) is 18.1 Å². The molecule has 0 radical (unpaired) electrons. The van der Waals surface area contributed by atoms with Gasteiger partial charge >= 0.3 is 0 Å². The molecule has 1 saturated carbocycles. The zero-order valence-corrected chi connectivity index (χ0v) is 34.6.